The largest absolute Gasteiger partial charge is 0.497 e. The Hall–Kier alpha value is -2.33. The third-order valence-electron chi connectivity index (χ3n) is 2.99. The fourth-order valence-corrected chi connectivity index (χ4v) is 1.87. The molecule has 0 heterocycles. The maximum Gasteiger partial charge on any atom is 0.241 e. The number of rotatable bonds is 5. The minimum Gasteiger partial charge on any atom is -0.497 e. The van der Waals surface area contributed by atoms with Crippen LogP contribution in [0.4, 0.5) is 5.69 Å². The molecule has 4 nitrogen and oxygen atoms in total. The molecule has 104 valence electrons. The van der Waals surface area contributed by atoms with E-state index in [4.69, 9.17) is 10.5 Å². The molecular weight excluding hydrogens is 252 g/mol. The zero-order valence-corrected chi connectivity index (χ0v) is 11.4. The standard InChI is InChI=1S/C16H18N2O2/c1-20-14-9-7-13(8-10-14)18-16(19)15(17)11-12-5-3-2-4-6-12/h2-10,15H,11,17H2,1H3,(H,18,19). The van der Waals surface area contributed by atoms with Crippen molar-refractivity contribution in [2.45, 2.75) is 12.5 Å². The molecule has 0 spiro atoms. The van der Waals surface area contributed by atoms with Gasteiger partial charge in [0.05, 0.1) is 13.2 Å². The third kappa shape index (κ3) is 3.83. The highest BCUT2D eigenvalue weighted by Gasteiger charge is 2.14. The molecule has 20 heavy (non-hydrogen) atoms. The van der Waals surface area contributed by atoms with Gasteiger partial charge in [0.15, 0.2) is 0 Å². The van der Waals surface area contributed by atoms with Crippen LogP contribution in [0.25, 0.3) is 0 Å². The Kier molecular flexibility index (Phi) is 4.74. The lowest BCUT2D eigenvalue weighted by Gasteiger charge is -2.12. The van der Waals surface area contributed by atoms with Crippen molar-refractivity contribution in [3.05, 3.63) is 60.2 Å². The second kappa shape index (κ2) is 6.73. The molecule has 0 fully saturated rings. The van der Waals surface area contributed by atoms with Crippen molar-refractivity contribution in [3.63, 3.8) is 0 Å². The zero-order chi connectivity index (χ0) is 14.4. The number of carbonyl (C=O) groups is 1. The molecule has 3 N–H and O–H groups in total. The van der Waals surface area contributed by atoms with Crippen LogP contribution in [-0.4, -0.2) is 19.1 Å². The van der Waals surface area contributed by atoms with Crippen LogP contribution in [-0.2, 0) is 11.2 Å². The predicted molar refractivity (Wildman–Crippen MR) is 79.7 cm³/mol. The maximum absolute atomic E-state index is 12.0. The summed E-state index contributed by atoms with van der Waals surface area (Å²) in [7, 11) is 1.60. The molecule has 0 aliphatic rings. The van der Waals surface area contributed by atoms with Crippen LogP contribution in [0.2, 0.25) is 0 Å². The fraction of sp³-hybridized carbons (Fsp3) is 0.188. The molecule has 0 aromatic heterocycles. The average Bonchev–Trinajstić information content (AvgIpc) is 2.49. The van der Waals surface area contributed by atoms with Crippen molar-refractivity contribution >= 4 is 11.6 Å². The Morgan fingerprint density at radius 2 is 1.80 bits per heavy atom. The zero-order valence-electron chi connectivity index (χ0n) is 11.4. The van der Waals surface area contributed by atoms with Gasteiger partial charge < -0.3 is 15.8 Å². The van der Waals surface area contributed by atoms with E-state index in [-0.39, 0.29) is 5.91 Å². The molecule has 2 aromatic carbocycles. The van der Waals surface area contributed by atoms with Gasteiger partial charge in [-0.3, -0.25) is 4.79 Å². The number of anilines is 1. The number of methoxy groups -OCH3 is 1. The van der Waals surface area contributed by atoms with Gasteiger partial charge in [0.1, 0.15) is 5.75 Å². The molecule has 0 bridgehead atoms. The van der Waals surface area contributed by atoms with Crippen molar-refractivity contribution in [1.82, 2.24) is 0 Å². The van der Waals surface area contributed by atoms with Gasteiger partial charge in [0, 0.05) is 5.69 Å². The number of amides is 1. The van der Waals surface area contributed by atoms with Crippen molar-refractivity contribution in [1.29, 1.82) is 0 Å². The normalized spacial score (nSPS) is 11.7. The van der Waals surface area contributed by atoms with Gasteiger partial charge in [-0.05, 0) is 36.2 Å². The second-order valence-corrected chi connectivity index (χ2v) is 4.51. The van der Waals surface area contributed by atoms with Gasteiger partial charge in [0.25, 0.3) is 0 Å². The Morgan fingerprint density at radius 1 is 1.15 bits per heavy atom. The molecule has 4 heteroatoms. The summed E-state index contributed by atoms with van der Waals surface area (Å²) in [6.07, 6.45) is 0.517. The number of benzene rings is 2. The first-order chi connectivity index (χ1) is 9.69. The van der Waals surface area contributed by atoms with E-state index in [1.54, 1.807) is 31.4 Å². The third-order valence-corrected chi connectivity index (χ3v) is 2.99. The lowest BCUT2D eigenvalue weighted by atomic mass is 10.1. The van der Waals surface area contributed by atoms with Crippen LogP contribution in [0, 0.1) is 0 Å². The smallest absolute Gasteiger partial charge is 0.241 e. The number of nitrogens with one attached hydrogen (secondary N) is 1. The first-order valence-corrected chi connectivity index (χ1v) is 6.43. The molecule has 2 aromatic rings. The summed E-state index contributed by atoms with van der Waals surface area (Å²) in [5.41, 5.74) is 7.67. The molecule has 0 radical (unpaired) electrons. The van der Waals surface area contributed by atoms with Crippen LogP contribution in [0.15, 0.2) is 54.6 Å². The molecule has 0 aliphatic heterocycles. The Bertz CT molecular complexity index is 552. The minimum absolute atomic E-state index is 0.195. The van der Waals surface area contributed by atoms with Crippen LogP contribution in [0.1, 0.15) is 5.56 Å². The van der Waals surface area contributed by atoms with E-state index in [9.17, 15) is 4.79 Å². The summed E-state index contributed by atoms with van der Waals surface area (Å²) in [6.45, 7) is 0. The Balaban J connectivity index is 1.93. The van der Waals surface area contributed by atoms with E-state index in [1.165, 1.54) is 0 Å². The first-order valence-electron chi connectivity index (χ1n) is 6.43. The van der Waals surface area contributed by atoms with E-state index in [0.717, 1.165) is 11.3 Å². The molecule has 1 amide bonds. The summed E-state index contributed by atoms with van der Waals surface area (Å²) in [5.74, 6) is 0.551. The molecule has 0 saturated carbocycles. The minimum atomic E-state index is -0.570. The molecule has 0 aliphatic carbocycles. The topological polar surface area (TPSA) is 64.3 Å². The van der Waals surface area contributed by atoms with Gasteiger partial charge >= 0.3 is 0 Å². The quantitative estimate of drug-likeness (QED) is 0.875. The maximum atomic E-state index is 12.0. The van der Waals surface area contributed by atoms with E-state index < -0.39 is 6.04 Å². The van der Waals surface area contributed by atoms with Crippen LogP contribution >= 0.6 is 0 Å². The Morgan fingerprint density at radius 3 is 2.40 bits per heavy atom. The highest BCUT2D eigenvalue weighted by Crippen LogP contribution is 2.15. The first kappa shape index (κ1) is 14.1. The average molecular weight is 270 g/mol. The summed E-state index contributed by atoms with van der Waals surface area (Å²) < 4.78 is 5.06. The number of hydrogen-bond donors (Lipinski definition) is 2. The van der Waals surface area contributed by atoms with E-state index >= 15 is 0 Å². The fourth-order valence-electron chi connectivity index (χ4n) is 1.87. The van der Waals surface area contributed by atoms with E-state index in [0.29, 0.717) is 12.1 Å². The van der Waals surface area contributed by atoms with Crippen molar-refractivity contribution < 1.29 is 9.53 Å². The monoisotopic (exact) mass is 270 g/mol. The summed E-state index contributed by atoms with van der Waals surface area (Å²) >= 11 is 0. The van der Waals surface area contributed by atoms with Gasteiger partial charge in [-0.25, -0.2) is 0 Å². The molecular formula is C16H18N2O2. The van der Waals surface area contributed by atoms with Crippen molar-refractivity contribution in [2.24, 2.45) is 5.73 Å². The summed E-state index contributed by atoms with van der Waals surface area (Å²) in [4.78, 5) is 12.0. The molecule has 1 atom stereocenters. The SMILES string of the molecule is COc1ccc(NC(=O)C(N)Cc2ccccc2)cc1. The second-order valence-electron chi connectivity index (χ2n) is 4.51. The number of nitrogens with two attached hydrogens (primary N) is 1. The van der Waals surface area contributed by atoms with Crippen molar-refractivity contribution in [2.75, 3.05) is 12.4 Å². The summed E-state index contributed by atoms with van der Waals surface area (Å²) in [5, 5.41) is 2.79. The highest BCUT2D eigenvalue weighted by atomic mass is 16.5. The molecule has 1 unspecified atom stereocenters. The lowest BCUT2D eigenvalue weighted by Crippen LogP contribution is -2.37. The predicted octanol–water partition coefficient (Wildman–Crippen LogP) is 2.20. The van der Waals surface area contributed by atoms with Crippen LogP contribution in [0.3, 0.4) is 0 Å². The van der Waals surface area contributed by atoms with Gasteiger partial charge in [-0.1, -0.05) is 30.3 Å². The summed E-state index contributed by atoms with van der Waals surface area (Å²) in [6, 6.07) is 16.3. The number of hydrogen-bond acceptors (Lipinski definition) is 3. The van der Waals surface area contributed by atoms with Crippen LogP contribution < -0.4 is 15.8 Å². The molecule has 0 saturated heterocycles. The number of carbonyl (C=O) groups excluding carboxylic acids is 1. The highest BCUT2D eigenvalue weighted by molar-refractivity contribution is 5.94. The Labute approximate surface area is 118 Å². The molecule has 2 rings (SSSR count). The van der Waals surface area contributed by atoms with E-state index in [1.807, 2.05) is 30.3 Å². The lowest BCUT2D eigenvalue weighted by molar-refractivity contribution is -0.117. The van der Waals surface area contributed by atoms with Gasteiger partial charge in [-0.15, -0.1) is 0 Å². The van der Waals surface area contributed by atoms with Gasteiger partial charge in [-0.2, -0.15) is 0 Å². The van der Waals surface area contributed by atoms with Gasteiger partial charge in [0.2, 0.25) is 5.91 Å². The van der Waals surface area contributed by atoms with Crippen LogP contribution in [0.5, 0.6) is 5.75 Å². The number of ether oxygens (including phenoxy) is 1. The van der Waals surface area contributed by atoms with Crippen molar-refractivity contribution in [3.8, 4) is 5.75 Å². The van der Waals surface area contributed by atoms with E-state index in [2.05, 4.69) is 5.32 Å².